The fourth-order valence-electron chi connectivity index (χ4n) is 3.76. The van der Waals surface area contributed by atoms with Gasteiger partial charge >= 0.3 is 0 Å². The smallest absolute Gasteiger partial charge is 0.267 e. The summed E-state index contributed by atoms with van der Waals surface area (Å²) in [6.07, 6.45) is 2.97. The first-order chi connectivity index (χ1) is 12.3. The summed E-state index contributed by atoms with van der Waals surface area (Å²) in [6, 6.07) is 6.46. The highest BCUT2D eigenvalue weighted by Gasteiger charge is 2.31. The molecule has 1 unspecified atom stereocenters. The number of hydrogen-bond acceptors (Lipinski definition) is 4. The lowest BCUT2D eigenvalue weighted by Gasteiger charge is -2.33. The second-order valence-electron chi connectivity index (χ2n) is 8.13. The lowest BCUT2D eigenvalue weighted by Crippen LogP contribution is -2.28. The van der Waals surface area contributed by atoms with Crippen LogP contribution in [0.3, 0.4) is 0 Å². The van der Waals surface area contributed by atoms with Crippen LogP contribution in [0.4, 0.5) is 4.39 Å². The zero-order chi connectivity index (χ0) is 18.5. The van der Waals surface area contributed by atoms with E-state index in [2.05, 4.69) is 31.1 Å². The van der Waals surface area contributed by atoms with Gasteiger partial charge in [0.15, 0.2) is 4.83 Å². The fourth-order valence-corrected chi connectivity index (χ4v) is 4.99. The van der Waals surface area contributed by atoms with Crippen molar-refractivity contribution in [1.29, 1.82) is 0 Å². The Bertz CT molecular complexity index is 1030. The monoisotopic (exact) mass is 371 g/mol. The van der Waals surface area contributed by atoms with E-state index in [-0.39, 0.29) is 23.3 Å². The Morgan fingerprint density at radius 2 is 2.08 bits per heavy atom. The molecule has 3 aromatic rings. The maximum Gasteiger partial charge on any atom is 0.279 e. The van der Waals surface area contributed by atoms with Gasteiger partial charge in [-0.1, -0.05) is 44.2 Å². The van der Waals surface area contributed by atoms with Crippen LogP contribution in [0.5, 0.6) is 0 Å². The summed E-state index contributed by atoms with van der Waals surface area (Å²) in [6.45, 7) is 6.93. The summed E-state index contributed by atoms with van der Waals surface area (Å²) in [4.78, 5) is 15.0. The Labute approximate surface area is 155 Å². The number of fused-ring (bicyclic) bond motifs is 3. The Hall–Kier alpha value is -2.08. The highest BCUT2D eigenvalue weighted by atomic mass is 32.1. The molecule has 0 spiro atoms. The molecule has 0 saturated heterocycles. The second kappa shape index (κ2) is 6.27. The van der Waals surface area contributed by atoms with Crippen molar-refractivity contribution in [3.8, 4) is 0 Å². The topological polar surface area (TPSA) is 47.8 Å². The molecule has 1 aromatic carbocycles. The zero-order valence-corrected chi connectivity index (χ0v) is 16.1. The van der Waals surface area contributed by atoms with Gasteiger partial charge < -0.3 is 0 Å². The normalized spacial score (nSPS) is 17.5. The third-order valence-corrected chi connectivity index (χ3v) is 6.58. The molecule has 0 aliphatic heterocycles. The average Bonchev–Trinajstić information content (AvgIpc) is 2.97. The highest BCUT2D eigenvalue weighted by molar-refractivity contribution is 7.18. The van der Waals surface area contributed by atoms with Gasteiger partial charge in [-0.25, -0.2) is 9.07 Å². The van der Waals surface area contributed by atoms with Crippen LogP contribution in [0.1, 0.15) is 43.2 Å². The van der Waals surface area contributed by atoms with E-state index in [0.717, 1.165) is 24.8 Å². The van der Waals surface area contributed by atoms with Crippen LogP contribution in [0, 0.1) is 17.2 Å². The van der Waals surface area contributed by atoms with E-state index < -0.39 is 0 Å². The van der Waals surface area contributed by atoms with E-state index in [1.54, 1.807) is 29.5 Å². The third kappa shape index (κ3) is 2.96. The number of halogens is 1. The van der Waals surface area contributed by atoms with Crippen LogP contribution in [-0.2, 0) is 19.4 Å². The van der Waals surface area contributed by atoms with Crippen molar-refractivity contribution in [3.05, 3.63) is 56.4 Å². The Kier molecular flexibility index (Phi) is 4.18. The predicted octanol–water partition coefficient (Wildman–Crippen LogP) is 4.19. The molecule has 4 rings (SSSR count). The summed E-state index contributed by atoms with van der Waals surface area (Å²) < 4.78 is 15.2. The molecule has 4 nitrogen and oxygen atoms in total. The molecule has 6 heteroatoms. The fraction of sp³-hybridized carbons (Fsp3) is 0.450. The molecule has 0 N–H and O–H groups in total. The molecule has 1 aliphatic carbocycles. The first kappa shape index (κ1) is 17.3. The molecule has 0 radical (unpaired) electrons. The maximum absolute atomic E-state index is 13.9. The molecule has 0 amide bonds. The van der Waals surface area contributed by atoms with Crippen molar-refractivity contribution < 1.29 is 4.39 Å². The minimum atomic E-state index is -0.332. The van der Waals surface area contributed by atoms with Crippen molar-refractivity contribution in [2.24, 2.45) is 11.3 Å². The van der Waals surface area contributed by atoms with Crippen LogP contribution in [-0.4, -0.2) is 15.0 Å². The molecule has 2 heterocycles. The van der Waals surface area contributed by atoms with E-state index in [1.807, 2.05) is 0 Å². The minimum Gasteiger partial charge on any atom is -0.267 e. The maximum atomic E-state index is 13.9. The molecular formula is C20H22FN3OS. The molecule has 26 heavy (non-hydrogen) atoms. The molecule has 2 aromatic heterocycles. The van der Waals surface area contributed by atoms with E-state index in [1.165, 1.54) is 15.6 Å². The summed E-state index contributed by atoms with van der Waals surface area (Å²) >= 11 is 1.59. The van der Waals surface area contributed by atoms with Crippen molar-refractivity contribution >= 4 is 21.6 Å². The Balaban J connectivity index is 1.75. The lowest BCUT2D eigenvalue weighted by molar-refractivity contribution is 0.218. The predicted molar refractivity (Wildman–Crippen MR) is 102 cm³/mol. The van der Waals surface area contributed by atoms with Crippen molar-refractivity contribution in [1.82, 2.24) is 15.0 Å². The summed E-state index contributed by atoms with van der Waals surface area (Å²) in [5.74, 6) is 0.276. The first-order valence-corrected chi connectivity index (χ1v) is 9.77. The van der Waals surface area contributed by atoms with Crippen molar-refractivity contribution in [3.63, 3.8) is 0 Å². The Morgan fingerprint density at radius 3 is 2.81 bits per heavy atom. The molecular weight excluding hydrogens is 349 g/mol. The van der Waals surface area contributed by atoms with Gasteiger partial charge in [-0.2, -0.15) is 0 Å². The van der Waals surface area contributed by atoms with Gasteiger partial charge in [0, 0.05) is 10.4 Å². The summed E-state index contributed by atoms with van der Waals surface area (Å²) in [5.41, 5.74) is 1.67. The molecule has 136 valence electrons. The standard InChI is InChI=1S/C20H22FN3OS/c1-20(2,3)13-8-9-14-16(10-13)26-18-17(14)19(25)24(23-22-18)11-12-6-4-5-7-15(12)21/h4-7,13H,8-11H2,1-3H3. The summed E-state index contributed by atoms with van der Waals surface area (Å²) in [5, 5.41) is 9.01. The quantitative estimate of drug-likeness (QED) is 0.679. The minimum absolute atomic E-state index is 0.101. The van der Waals surface area contributed by atoms with Crippen LogP contribution in [0.25, 0.3) is 10.2 Å². The molecule has 0 fully saturated rings. The molecule has 1 atom stereocenters. The number of hydrogen-bond donors (Lipinski definition) is 0. The van der Waals surface area contributed by atoms with Crippen LogP contribution < -0.4 is 5.56 Å². The number of aromatic nitrogens is 3. The van der Waals surface area contributed by atoms with Gasteiger partial charge in [-0.05, 0) is 42.2 Å². The van der Waals surface area contributed by atoms with Crippen LogP contribution >= 0.6 is 11.3 Å². The number of aryl methyl sites for hydroxylation is 1. The van der Waals surface area contributed by atoms with Gasteiger partial charge in [-0.15, -0.1) is 16.4 Å². The number of benzene rings is 1. The zero-order valence-electron chi connectivity index (χ0n) is 15.3. The van der Waals surface area contributed by atoms with E-state index in [0.29, 0.717) is 21.7 Å². The van der Waals surface area contributed by atoms with E-state index >= 15 is 0 Å². The van der Waals surface area contributed by atoms with Gasteiger partial charge in [0.05, 0.1) is 11.9 Å². The van der Waals surface area contributed by atoms with Gasteiger partial charge in [0.1, 0.15) is 5.82 Å². The molecule has 0 saturated carbocycles. The van der Waals surface area contributed by atoms with Gasteiger partial charge in [-0.3, -0.25) is 4.79 Å². The van der Waals surface area contributed by atoms with Crippen molar-refractivity contribution in [2.45, 2.75) is 46.6 Å². The average molecular weight is 371 g/mol. The first-order valence-electron chi connectivity index (χ1n) is 8.96. The third-order valence-electron chi connectivity index (χ3n) is 5.44. The number of thiophene rings is 1. The SMILES string of the molecule is CC(C)(C)C1CCc2c(sc3nnn(Cc4ccccc4F)c(=O)c23)C1. The van der Waals surface area contributed by atoms with Crippen LogP contribution in [0.15, 0.2) is 29.1 Å². The van der Waals surface area contributed by atoms with Crippen molar-refractivity contribution in [2.75, 3.05) is 0 Å². The van der Waals surface area contributed by atoms with E-state index in [4.69, 9.17) is 0 Å². The molecule has 0 bridgehead atoms. The van der Waals surface area contributed by atoms with Crippen LogP contribution in [0.2, 0.25) is 0 Å². The number of nitrogens with zero attached hydrogens (tertiary/aromatic N) is 3. The lowest BCUT2D eigenvalue weighted by atomic mass is 9.72. The number of rotatable bonds is 2. The highest BCUT2D eigenvalue weighted by Crippen LogP contribution is 2.41. The second-order valence-corrected chi connectivity index (χ2v) is 9.22. The van der Waals surface area contributed by atoms with E-state index in [9.17, 15) is 9.18 Å². The van der Waals surface area contributed by atoms with Gasteiger partial charge in [0.25, 0.3) is 5.56 Å². The Morgan fingerprint density at radius 1 is 1.31 bits per heavy atom. The largest absolute Gasteiger partial charge is 0.279 e. The summed E-state index contributed by atoms with van der Waals surface area (Å²) in [7, 11) is 0. The van der Waals surface area contributed by atoms with Gasteiger partial charge in [0.2, 0.25) is 0 Å². The molecule has 1 aliphatic rings.